The van der Waals surface area contributed by atoms with Crippen LogP contribution in [0, 0.1) is 0 Å². The van der Waals surface area contributed by atoms with Gasteiger partial charge in [-0.25, -0.2) is 0 Å². The maximum Gasteiger partial charge on any atom is 0.255 e. The molecule has 0 aliphatic rings. The monoisotopic (exact) mass is 336 g/mol. The number of hydrogen-bond donors (Lipinski definition) is 2. The molecule has 0 fully saturated rings. The van der Waals surface area contributed by atoms with E-state index < -0.39 is 0 Å². The summed E-state index contributed by atoms with van der Waals surface area (Å²) in [7, 11) is 3.51. The molecule has 0 saturated heterocycles. The Bertz CT molecular complexity index is 856. The lowest BCUT2D eigenvalue weighted by atomic mass is 10.1. The number of nitrogens with one attached hydrogen (secondary N) is 2. The second-order valence-electron chi connectivity index (χ2n) is 5.69. The van der Waals surface area contributed by atoms with Crippen LogP contribution < -0.4 is 10.6 Å². The Hall–Kier alpha value is -3.12. The average molecular weight is 336 g/mol. The van der Waals surface area contributed by atoms with Gasteiger partial charge in [-0.15, -0.1) is 0 Å². The minimum atomic E-state index is -0.158. The predicted octanol–water partition coefficient (Wildman–Crippen LogP) is 3.56. The molecule has 2 N–H and O–H groups in total. The summed E-state index contributed by atoms with van der Waals surface area (Å²) >= 11 is 0. The van der Waals surface area contributed by atoms with Gasteiger partial charge in [-0.1, -0.05) is 18.2 Å². The molecule has 0 atom stereocenters. The lowest BCUT2D eigenvalue weighted by Crippen LogP contribution is -2.12. The van der Waals surface area contributed by atoms with Gasteiger partial charge < -0.3 is 15.4 Å². The summed E-state index contributed by atoms with van der Waals surface area (Å²) in [5.41, 5.74) is 4.08. The molecule has 128 valence electrons. The number of ether oxygens (including phenoxy) is 1. The fourth-order valence-electron chi connectivity index (χ4n) is 2.44. The van der Waals surface area contributed by atoms with Crippen LogP contribution in [-0.4, -0.2) is 22.8 Å². The molecule has 25 heavy (non-hydrogen) atoms. The van der Waals surface area contributed by atoms with E-state index in [9.17, 15) is 4.79 Å². The first kappa shape index (κ1) is 16.7. The number of hydrogen-bond acceptors (Lipinski definition) is 4. The molecule has 0 radical (unpaired) electrons. The van der Waals surface area contributed by atoms with Crippen LogP contribution in [0.25, 0.3) is 0 Å². The van der Waals surface area contributed by atoms with Crippen molar-refractivity contribution in [1.29, 1.82) is 0 Å². The van der Waals surface area contributed by atoms with E-state index in [1.165, 1.54) is 0 Å². The van der Waals surface area contributed by atoms with Crippen LogP contribution in [0.15, 0.2) is 60.9 Å². The highest BCUT2D eigenvalue weighted by Crippen LogP contribution is 2.18. The van der Waals surface area contributed by atoms with Crippen molar-refractivity contribution < 1.29 is 9.53 Å². The molecule has 1 aromatic heterocycles. The normalized spacial score (nSPS) is 10.5. The van der Waals surface area contributed by atoms with Gasteiger partial charge in [-0.2, -0.15) is 5.10 Å². The summed E-state index contributed by atoms with van der Waals surface area (Å²) in [6, 6.07) is 14.9. The van der Waals surface area contributed by atoms with Crippen molar-refractivity contribution >= 4 is 23.0 Å². The van der Waals surface area contributed by atoms with E-state index in [2.05, 4.69) is 15.7 Å². The number of benzene rings is 2. The fraction of sp³-hybridized carbons (Fsp3) is 0.158. The second kappa shape index (κ2) is 7.63. The SMILES string of the molecule is COCc1ccc(NC(=O)c2cccc(Nc3cnn(C)c3)c2)cc1. The lowest BCUT2D eigenvalue weighted by molar-refractivity contribution is 0.102. The highest BCUT2D eigenvalue weighted by Gasteiger charge is 2.07. The largest absolute Gasteiger partial charge is 0.380 e. The predicted molar refractivity (Wildman–Crippen MR) is 98.0 cm³/mol. The zero-order chi connectivity index (χ0) is 17.6. The van der Waals surface area contributed by atoms with Crippen molar-refractivity contribution in [2.45, 2.75) is 6.61 Å². The number of carbonyl (C=O) groups excluding carboxylic acids is 1. The summed E-state index contributed by atoms with van der Waals surface area (Å²) in [5.74, 6) is -0.158. The van der Waals surface area contributed by atoms with Crippen LogP contribution in [0.2, 0.25) is 0 Å². The maximum absolute atomic E-state index is 12.5. The van der Waals surface area contributed by atoms with Crippen LogP contribution >= 0.6 is 0 Å². The number of rotatable bonds is 6. The van der Waals surface area contributed by atoms with Gasteiger partial charge in [0.05, 0.1) is 18.5 Å². The first-order valence-electron chi connectivity index (χ1n) is 7.89. The number of amides is 1. The molecule has 0 saturated carbocycles. The fourth-order valence-corrected chi connectivity index (χ4v) is 2.44. The Labute approximate surface area is 146 Å². The van der Waals surface area contributed by atoms with Gasteiger partial charge in [-0.3, -0.25) is 9.48 Å². The van der Waals surface area contributed by atoms with E-state index in [4.69, 9.17) is 4.74 Å². The van der Waals surface area contributed by atoms with E-state index in [0.717, 1.165) is 22.6 Å². The van der Waals surface area contributed by atoms with E-state index >= 15 is 0 Å². The van der Waals surface area contributed by atoms with Crippen molar-refractivity contribution in [2.24, 2.45) is 7.05 Å². The first-order chi connectivity index (χ1) is 12.1. The van der Waals surface area contributed by atoms with E-state index in [1.54, 1.807) is 24.1 Å². The lowest BCUT2D eigenvalue weighted by Gasteiger charge is -2.08. The van der Waals surface area contributed by atoms with E-state index in [0.29, 0.717) is 12.2 Å². The zero-order valence-corrected chi connectivity index (χ0v) is 14.2. The molecule has 1 heterocycles. The van der Waals surface area contributed by atoms with E-state index in [-0.39, 0.29) is 5.91 Å². The summed E-state index contributed by atoms with van der Waals surface area (Å²) in [4.78, 5) is 12.5. The van der Waals surface area contributed by atoms with Crippen molar-refractivity contribution in [1.82, 2.24) is 9.78 Å². The number of aromatic nitrogens is 2. The second-order valence-corrected chi connectivity index (χ2v) is 5.69. The van der Waals surface area contributed by atoms with Crippen molar-refractivity contribution in [3.8, 4) is 0 Å². The van der Waals surface area contributed by atoms with Crippen molar-refractivity contribution in [3.63, 3.8) is 0 Å². The Morgan fingerprint density at radius 2 is 1.92 bits per heavy atom. The molecule has 1 amide bonds. The molecule has 0 unspecified atom stereocenters. The molecule has 3 rings (SSSR count). The number of nitrogens with zero attached hydrogens (tertiary/aromatic N) is 2. The molecule has 0 bridgehead atoms. The quantitative estimate of drug-likeness (QED) is 0.722. The highest BCUT2D eigenvalue weighted by atomic mass is 16.5. The van der Waals surface area contributed by atoms with Gasteiger partial charge in [0, 0.05) is 37.3 Å². The third kappa shape index (κ3) is 4.45. The molecule has 0 spiro atoms. The van der Waals surface area contributed by atoms with Crippen LogP contribution in [0.3, 0.4) is 0 Å². The number of methoxy groups -OCH3 is 1. The van der Waals surface area contributed by atoms with Crippen LogP contribution in [0.5, 0.6) is 0 Å². The third-order valence-corrected chi connectivity index (χ3v) is 3.64. The van der Waals surface area contributed by atoms with Gasteiger partial charge in [-0.05, 0) is 35.9 Å². The van der Waals surface area contributed by atoms with Crippen LogP contribution in [0.1, 0.15) is 15.9 Å². The van der Waals surface area contributed by atoms with Gasteiger partial charge in [0.2, 0.25) is 0 Å². The number of aryl methyl sites for hydroxylation is 1. The van der Waals surface area contributed by atoms with Gasteiger partial charge in [0.25, 0.3) is 5.91 Å². The van der Waals surface area contributed by atoms with Crippen molar-refractivity contribution in [2.75, 3.05) is 17.7 Å². The van der Waals surface area contributed by atoms with Crippen LogP contribution in [0.4, 0.5) is 17.1 Å². The Morgan fingerprint density at radius 1 is 1.12 bits per heavy atom. The molecular formula is C19H20N4O2. The minimum Gasteiger partial charge on any atom is -0.380 e. The molecule has 2 aromatic carbocycles. The third-order valence-electron chi connectivity index (χ3n) is 3.64. The Balaban J connectivity index is 1.68. The summed E-state index contributed by atoms with van der Waals surface area (Å²) in [6.07, 6.45) is 3.60. The highest BCUT2D eigenvalue weighted by molar-refractivity contribution is 6.04. The van der Waals surface area contributed by atoms with E-state index in [1.807, 2.05) is 55.7 Å². The Kier molecular flexibility index (Phi) is 5.11. The molecule has 6 heteroatoms. The molecule has 6 nitrogen and oxygen atoms in total. The molecule has 0 aliphatic heterocycles. The maximum atomic E-state index is 12.5. The number of carbonyl (C=O) groups is 1. The smallest absolute Gasteiger partial charge is 0.255 e. The summed E-state index contributed by atoms with van der Waals surface area (Å²) in [6.45, 7) is 0.552. The Morgan fingerprint density at radius 3 is 2.60 bits per heavy atom. The van der Waals surface area contributed by atoms with Gasteiger partial charge >= 0.3 is 0 Å². The topological polar surface area (TPSA) is 68.2 Å². The number of anilines is 3. The molecular weight excluding hydrogens is 316 g/mol. The molecule has 3 aromatic rings. The summed E-state index contributed by atoms with van der Waals surface area (Å²) in [5, 5.41) is 10.2. The standard InChI is InChI=1S/C19H20N4O2/c1-23-12-18(11-20-23)21-17-5-3-4-15(10-17)19(24)22-16-8-6-14(7-9-16)13-25-2/h3-12,21H,13H2,1-2H3,(H,22,24). The zero-order valence-electron chi connectivity index (χ0n) is 14.2. The molecule has 0 aliphatic carbocycles. The first-order valence-corrected chi connectivity index (χ1v) is 7.89. The van der Waals surface area contributed by atoms with Gasteiger partial charge in [0.1, 0.15) is 0 Å². The average Bonchev–Trinajstić information content (AvgIpc) is 3.02. The van der Waals surface area contributed by atoms with Crippen molar-refractivity contribution in [3.05, 3.63) is 72.1 Å². The van der Waals surface area contributed by atoms with Gasteiger partial charge in [0.15, 0.2) is 0 Å². The summed E-state index contributed by atoms with van der Waals surface area (Å²) < 4.78 is 6.80. The van der Waals surface area contributed by atoms with Crippen LogP contribution in [-0.2, 0) is 18.4 Å². The minimum absolute atomic E-state index is 0.158.